The number of nitrogens with one attached hydrogen (secondary N) is 2. The summed E-state index contributed by atoms with van der Waals surface area (Å²) in [6, 6.07) is 11.8. The van der Waals surface area contributed by atoms with Gasteiger partial charge in [-0.1, -0.05) is 30.3 Å². The molecule has 2 aromatic rings. The predicted molar refractivity (Wildman–Crippen MR) is 94.7 cm³/mol. The summed E-state index contributed by atoms with van der Waals surface area (Å²) in [7, 11) is 0. The van der Waals surface area contributed by atoms with Crippen LogP contribution < -0.4 is 10.6 Å². The summed E-state index contributed by atoms with van der Waals surface area (Å²) < 4.78 is 0. The molecule has 0 fully saturated rings. The first-order chi connectivity index (χ1) is 11.5. The zero-order valence-corrected chi connectivity index (χ0v) is 14.4. The molecule has 0 saturated carbocycles. The Morgan fingerprint density at radius 3 is 2.50 bits per heavy atom. The highest BCUT2D eigenvalue weighted by atomic mass is 32.1. The fourth-order valence-electron chi connectivity index (χ4n) is 2.23. The molecular weight excluding hydrogens is 324 g/mol. The average Bonchev–Trinajstić information content (AvgIpc) is 3.13. The van der Waals surface area contributed by atoms with Crippen molar-refractivity contribution in [2.75, 3.05) is 13.1 Å². The summed E-state index contributed by atoms with van der Waals surface area (Å²) >= 11 is 1.47. The SMILES string of the molecule is CC(O)(CNC(=O)C(=O)NCCCc1ccccc1)c1ccsc1. The highest BCUT2D eigenvalue weighted by molar-refractivity contribution is 7.08. The van der Waals surface area contributed by atoms with Crippen LogP contribution in [0.4, 0.5) is 0 Å². The van der Waals surface area contributed by atoms with Gasteiger partial charge in [0.1, 0.15) is 5.60 Å². The van der Waals surface area contributed by atoms with Gasteiger partial charge in [-0.05, 0) is 47.7 Å². The van der Waals surface area contributed by atoms with Gasteiger partial charge in [-0.25, -0.2) is 0 Å². The molecule has 128 valence electrons. The van der Waals surface area contributed by atoms with Crippen LogP contribution in [0.5, 0.6) is 0 Å². The van der Waals surface area contributed by atoms with Gasteiger partial charge in [0.25, 0.3) is 0 Å². The van der Waals surface area contributed by atoms with Crippen LogP contribution in [0.3, 0.4) is 0 Å². The van der Waals surface area contributed by atoms with Gasteiger partial charge in [0.05, 0.1) is 6.54 Å². The minimum Gasteiger partial charge on any atom is -0.384 e. The second-order valence-electron chi connectivity index (χ2n) is 5.81. The summed E-state index contributed by atoms with van der Waals surface area (Å²) in [5.74, 6) is -1.41. The van der Waals surface area contributed by atoms with E-state index in [2.05, 4.69) is 10.6 Å². The number of amides is 2. The molecule has 24 heavy (non-hydrogen) atoms. The summed E-state index contributed by atoms with van der Waals surface area (Å²) in [6.45, 7) is 2.02. The Hall–Kier alpha value is -2.18. The van der Waals surface area contributed by atoms with Gasteiger partial charge in [-0.2, -0.15) is 11.3 Å². The quantitative estimate of drug-likeness (QED) is 0.529. The molecule has 1 heterocycles. The van der Waals surface area contributed by atoms with Crippen molar-refractivity contribution in [1.29, 1.82) is 0 Å². The Labute approximate surface area is 145 Å². The fourth-order valence-corrected chi connectivity index (χ4v) is 3.01. The number of aryl methyl sites for hydroxylation is 1. The van der Waals surface area contributed by atoms with Crippen LogP contribution in [0.15, 0.2) is 47.2 Å². The number of hydrogen-bond acceptors (Lipinski definition) is 4. The summed E-state index contributed by atoms with van der Waals surface area (Å²) in [4.78, 5) is 23.5. The van der Waals surface area contributed by atoms with E-state index in [1.807, 2.05) is 41.1 Å². The Morgan fingerprint density at radius 1 is 1.12 bits per heavy atom. The van der Waals surface area contributed by atoms with Crippen LogP contribution >= 0.6 is 11.3 Å². The van der Waals surface area contributed by atoms with Gasteiger partial charge in [0, 0.05) is 6.54 Å². The maximum atomic E-state index is 11.8. The van der Waals surface area contributed by atoms with Gasteiger partial charge >= 0.3 is 11.8 Å². The molecule has 0 aliphatic rings. The number of carbonyl (C=O) groups is 2. The van der Waals surface area contributed by atoms with Gasteiger partial charge < -0.3 is 15.7 Å². The second-order valence-corrected chi connectivity index (χ2v) is 6.59. The molecule has 1 aromatic carbocycles. The van der Waals surface area contributed by atoms with Crippen molar-refractivity contribution >= 4 is 23.2 Å². The summed E-state index contributed by atoms with van der Waals surface area (Å²) in [5.41, 5.74) is 0.725. The molecule has 1 aromatic heterocycles. The molecule has 3 N–H and O–H groups in total. The van der Waals surface area contributed by atoms with Crippen LogP contribution in [0.25, 0.3) is 0 Å². The third-order valence-corrected chi connectivity index (χ3v) is 4.40. The van der Waals surface area contributed by atoms with Gasteiger partial charge in [-0.15, -0.1) is 0 Å². The van der Waals surface area contributed by atoms with E-state index in [0.29, 0.717) is 6.54 Å². The Morgan fingerprint density at radius 2 is 1.83 bits per heavy atom. The molecule has 6 heteroatoms. The fraction of sp³-hybridized carbons (Fsp3) is 0.333. The van der Waals surface area contributed by atoms with E-state index in [-0.39, 0.29) is 6.54 Å². The molecule has 0 spiro atoms. The molecule has 0 aliphatic heterocycles. The van der Waals surface area contributed by atoms with Crippen LogP contribution in [0.2, 0.25) is 0 Å². The molecule has 0 bridgehead atoms. The molecule has 0 radical (unpaired) electrons. The Balaban J connectivity index is 1.68. The van der Waals surface area contributed by atoms with Gasteiger partial charge in [0.15, 0.2) is 0 Å². The van der Waals surface area contributed by atoms with E-state index in [1.54, 1.807) is 13.0 Å². The van der Waals surface area contributed by atoms with Gasteiger partial charge in [-0.3, -0.25) is 9.59 Å². The van der Waals surface area contributed by atoms with Crippen LogP contribution in [0.1, 0.15) is 24.5 Å². The lowest BCUT2D eigenvalue weighted by atomic mass is 9.99. The average molecular weight is 346 g/mol. The first kappa shape index (κ1) is 18.2. The lowest BCUT2D eigenvalue weighted by Gasteiger charge is -2.22. The molecule has 5 nitrogen and oxygen atoms in total. The Kier molecular flexibility index (Phi) is 6.52. The molecule has 2 amide bonds. The van der Waals surface area contributed by atoms with E-state index in [0.717, 1.165) is 18.4 Å². The van der Waals surface area contributed by atoms with Crippen molar-refractivity contribution in [2.24, 2.45) is 0 Å². The van der Waals surface area contributed by atoms with Crippen molar-refractivity contribution in [3.8, 4) is 0 Å². The molecule has 1 atom stereocenters. The molecule has 2 rings (SSSR count). The number of benzene rings is 1. The lowest BCUT2D eigenvalue weighted by molar-refractivity contribution is -0.139. The number of hydrogen-bond donors (Lipinski definition) is 3. The van der Waals surface area contributed by atoms with Crippen molar-refractivity contribution < 1.29 is 14.7 Å². The zero-order chi connectivity index (χ0) is 17.4. The largest absolute Gasteiger partial charge is 0.384 e. The van der Waals surface area contributed by atoms with Crippen molar-refractivity contribution in [2.45, 2.75) is 25.4 Å². The maximum Gasteiger partial charge on any atom is 0.309 e. The van der Waals surface area contributed by atoms with E-state index in [1.165, 1.54) is 16.9 Å². The maximum absolute atomic E-state index is 11.8. The lowest BCUT2D eigenvalue weighted by Crippen LogP contribution is -2.45. The summed E-state index contributed by atoms with van der Waals surface area (Å²) in [5, 5.41) is 19.0. The highest BCUT2D eigenvalue weighted by Gasteiger charge is 2.25. The van der Waals surface area contributed by atoms with Gasteiger partial charge in [0.2, 0.25) is 0 Å². The van der Waals surface area contributed by atoms with Crippen LogP contribution in [-0.2, 0) is 21.6 Å². The first-order valence-electron chi connectivity index (χ1n) is 7.84. The first-order valence-corrected chi connectivity index (χ1v) is 8.78. The van der Waals surface area contributed by atoms with E-state index in [4.69, 9.17) is 0 Å². The van der Waals surface area contributed by atoms with E-state index < -0.39 is 17.4 Å². The smallest absolute Gasteiger partial charge is 0.309 e. The molecule has 0 aliphatic carbocycles. The molecule has 1 unspecified atom stereocenters. The minimum atomic E-state index is -1.19. The number of thiophene rings is 1. The monoisotopic (exact) mass is 346 g/mol. The standard InChI is InChI=1S/C18H22N2O3S/c1-18(23,15-9-11-24-12-15)13-20-17(22)16(21)19-10-5-8-14-6-3-2-4-7-14/h2-4,6-7,9,11-12,23H,5,8,10,13H2,1H3,(H,19,21)(H,20,22). The van der Waals surface area contributed by atoms with Crippen LogP contribution in [-0.4, -0.2) is 30.0 Å². The second kappa shape index (κ2) is 8.61. The number of aliphatic hydroxyl groups is 1. The van der Waals surface area contributed by atoms with E-state index in [9.17, 15) is 14.7 Å². The van der Waals surface area contributed by atoms with Crippen LogP contribution in [0, 0.1) is 0 Å². The molecular formula is C18H22N2O3S. The Bertz CT molecular complexity index is 654. The predicted octanol–water partition coefficient (Wildman–Crippen LogP) is 1.82. The van der Waals surface area contributed by atoms with E-state index >= 15 is 0 Å². The van der Waals surface area contributed by atoms with Crippen molar-refractivity contribution in [1.82, 2.24) is 10.6 Å². The molecule has 0 saturated heterocycles. The topological polar surface area (TPSA) is 78.4 Å². The highest BCUT2D eigenvalue weighted by Crippen LogP contribution is 2.21. The minimum absolute atomic E-state index is 0.0139. The normalized spacial score (nSPS) is 13.1. The number of rotatable bonds is 7. The number of carbonyl (C=O) groups excluding carboxylic acids is 2. The van der Waals surface area contributed by atoms with Crippen molar-refractivity contribution in [3.63, 3.8) is 0 Å². The zero-order valence-electron chi connectivity index (χ0n) is 13.6. The third kappa shape index (κ3) is 5.47. The summed E-state index contributed by atoms with van der Waals surface area (Å²) in [6.07, 6.45) is 1.60. The van der Waals surface area contributed by atoms with Crippen molar-refractivity contribution in [3.05, 3.63) is 58.3 Å². The third-order valence-electron chi connectivity index (χ3n) is 3.71.